The van der Waals surface area contributed by atoms with Crippen LogP contribution in [0.3, 0.4) is 0 Å². The highest BCUT2D eigenvalue weighted by molar-refractivity contribution is 6.08. The first-order valence-electron chi connectivity index (χ1n) is 8.86. The van der Waals surface area contributed by atoms with Crippen LogP contribution in [-0.2, 0) is 6.54 Å². The molecule has 0 aliphatic rings. The Morgan fingerprint density at radius 2 is 1.93 bits per heavy atom. The second kappa shape index (κ2) is 7.81. The fraction of sp³-hybridized carbons (Fsp3) is 0.0476. The number of hydrogen-bond donors (Lipinski definition) is 4. The van der Waals surface area contributed by atoms with E-state index in [9.17, 15) is 9.59 Å². The summed E-state index contributed by atoms with van der Waals surface area (Å²) in [4.78, 5) is 27.7. The van der Waals surface area contributed by atoms with Gasteiger partial charge in [-0.25, -0.2) is 9.78 Å². The van der Waals surface area contributed by atoms with Crippen LogP contribution in [0.5, 0.6) is 0 Å². The predicted octanol–water partition coefficient (Wildman–Crippen LogP) is 3.52. The Morgan fingerprint density at radius 1 is 1.07 bits per heavy atom. The van der Waals surface area contributed by atoms with Crippen LogP contribution in [-0.4, -0.2) is 32.2 Å². The number of aromatic nitrogens is 3. The number of hydrogen-bond acceptors (Lipinski definition) is 5. The van der Waals surface area contributed by atoms with Gasteiger partial charge >= 0.3 is 5.97 Å². The third-order valence-electron chi connectivity index (χ3n) is 4.40. The Morgan fingerprint density at radius 3 is 2.79 bits per heavy atom. The number of H-pyrrole nitrogens is 1. The summed E-state index contributed by atoms with van der Waals surface area (Å²) in [5.41, 5.74) is 3.33. The lowest BCUT2D eigenvalue weighted by atomic mass is 10.1. The number of carbonyl (C=O) groups is 2. The van der Waals surface area contributed by atoms with Gasteiger partial charge in [-0.05, 0) is 48.0 Å². The first-order chi connectivity index (χ1) is 14.1. The molecule has 0 saturated heterocycles. The Labute approximate surface area is 165 Å². The molecular weight excluding hydrogens is 370 g/mol. The highest BCUT2D eigenvalue weighted by atomic mass is 16.4. The molecule has 0 aliphatic carbocycles. The number of aromatic amines is 1. The topological polar surface area (TPSA) is 120 Å². The molecule has 2 aromatic heterocycles. The van der Waals surface area contributed by atoms with Gasteiger partial charge in [0.15, 0.2) is 0 Å². The number of aromatic carboxylic acids is 1. The summed E-state index contributed by atoms with van der Waals surface area (Å²) in [6.07, 6.45) is 3.17. The van der Waals surface area contributed by atoms with E-state index in [1.807, 2.05) is 24.3 Å². The summed E-state index contributed by atoms with van der Waals surface area (Å²) in [5.74, 6) is -1.34. The molecule has 8 nitrogen and oxygen atoms in total. The maximum Gasteiger partial charge on any atom is 0.354 e. The molecule has 0 saturated carbocycles. The highest BCUT2D eigenvalue weighted by Gasteiger charge is 2.12. The molecule has 144 valence electrons. The third kappa shape index (κ3) is 4.06. The Kier molecular flexibility index (Phi) is 4.90. The van der Waals surface area contributed by atoms with E-state index in [2.05, 4.69) is 25.8 Å². The SMILES string of the molecule is O=C(O)c1cc(CNc2ccccc2C(=O)Nc2ccc3cn[nH]c3c2)ccn1. The van der Waals surface area contributed by atoms with Gasteiger partial charge in [0.1, 0.15) is 5.69 Å². The zero-order valence-electron chi connectivity index (χ0n) is 15.2. The summed E-state index contributed by atoms with van der Waals surface area (Å²) in [5, 5.41) is 23.0. The molecule has 1 amide bonds. The van der Waals surface area contributed by atoms with Crippen LogP contribution in [0, 0.1) is 0 Å². The molecule has 2 heterocycles. The predicted molar refractivity (Wildman–Crippen MR) is 109 cm³/mol. The van der Waals surface area contributed by atoms with E-state index in [4.69, 9.17) is 5.11 Å². The van der Waals surface area contributed by atoms with Crippen LogP contribution in [0.25, 0.3) is 10.9 Å². The van der Waals surface area contributed by atoms with E-state index >= 15 is 0 Å². The number of anilines is 2. The van der Waals surface area contributed by atoms with Gasteiger partial charge in [0.05, 0.1) is 17.3 Å². The van der Waals surface area contributed by atoms with Crippen LogP contribution in [0.1, 0.15) is 26.4 Å². The molecule has 4 N–H and O–H groups in total. The van der Waals surface area contributed by atoms with Crippen molar-refractivity contribution in [2.45, 2.75) is 6.54 Å². The fourth-order valence-corrected chi connectivity index (χ4v) is 2.95. The van der Waals surface area contributed by atoms with Gasteiger partial charge in [0, 0.05) is 29.5 Å². The molecule has 0 spiro atoms. The van der Waals surface area contributed by atoms with Crippen LogP contribution in [0.15, 0.2) is 67.0 Å². The van der Waals surface area contributed by atoms with Gasteiger partial charge in [0.2, 0.25) is 0 Å². The molecule has 2 aromatic carbocycles. The van der Waals surface area contributed by atoms with E-state index in [1.54, 1.807) is 30.5 Å². The van der Waals surface area contributed by atoms with Crippen LogP contribution in [0.2, 0.25) is 0 Å². The van der Waals surface area contributed by atoms with Gasteiger partial charge < -0.3 is 15.7 Å². The smallest absolute Gasteiger partial charge is 0.354 e. The minimum Gasteiger partial charge on any atom is -0.477 e. The lowest BCUT2D eigenvalue weighted by molar-refractivity contribution is 0.0690. The van der Waals surface area contributed by atoms with Crippen molar-refractivity contribution >= 4 is 34.2 Å². The van der Waals surface area contributed by atoms with Gasteiger partial charge in [-0.15, -0.1) is 0 Å². The van der Waals surface area contributed by atoms with Crippen molar-refractivity contribution in [1.82, 2.24) is 15.2 Å². The van der Waals surface area contributed by atoms with Crippen molar-refractivity contribution in [3.05, 3.63) is 83.8 Å². The number of carboxylic acids is 1. The summed E-state index contributed by atoms with van der Waals surface area (Å²) in [6, 6.07) is 15.9. The molecule has 0 bridgehead atoms. The maximum absolute atomic E-state index is 12.8. The third-order valence-corrected chi connectivity index (χ3v) is 4.40. The number of rotatable bonds is 6. The molecule has 4 aromatic rings. The molecular formula is C21H17N5O3. The van der Waals surface area contributed by atoms with Crippen molar-refractivity contribution in [3.63, 3.8) is 0 Å². The molecule has 29 heavy (non-hydrogen) atoms. The van der Waals surface area contributed by atoms with E-state index in [-0.39, 0.29) is 11.6 Å². The molecule has 8 heteroatoms. The first kappa shape index (κ1) is 18.2. The van der Waals surface area contributed by atoms with Gasteiger partial charge in [-0.2, -0.15) is 5.10 Å². The summed E-state index contributed by atoms with van der Waals surface area (Å²) >= 11 is 0. The van der Waals surface area contributed by atoms with E-state index < -0.39 is 5.97 Å². The Balaban J connectivity index is 1.50. The van der Waals surface area contributed by atoms with E-state index in [0.717, 1.165) is 16.5 Å². The minimum atomic E-state index is -1.08. The number of nitrogens with zero attached hydrogens (tertiary/aromatic N) is 2. The van der Waals surface area contributed by atoms with Crippen molar-refractivity contribution in [1.29, 1.82) is 0 Å². The number of fused-ring (bicyclic) bond motifs is 1. The van der Waals surface area contributed by atoms with Crippen molar-refractivity contribution in [2.75, 3.05) is 10.6 Å². The minimum absolute atomic E-state index is 0.0236. The number of amides is 1. The van der Waals surface area contributed by atoms with Crippen molar-refractivity contribution in [3.8, 4) is 0 Å². The molecule has 0 unspecified atom stereocenters. The zero-order chi connectivity index (χ0) is 20.2. The molecule has 4 rings (SSSR count). The monoisotopic (exact) mass is 387 g/mol. The number of carboxylic acid groups (broad SMARTS) is 1. The molecule has 0 radical (unpaired) electrons. The number of para-hydroxylation sites is 1. The molecule has 0 atom stereocenters. The van der Waals surface area contributed by atoms with Crippen molar-refractivity contribution in [2.24, 2.45) is 0 Å². The Bertz CT molecular complexity index is 1200. The standard InChI is InChI=1S/C21H17N5O3/c27-20(25-15-6-5-14-12-24-26-18(14)10-15)16-3-1-2-4-17(16)23-11-13-7-8-22-19(9-13)21(28)29/h1-10,12,23H,11H2,(H,24,26)(H,25,27)(H,28,29). The zero-order valence-corrected chi connectivity index (χ0v) is 15.2. The lowest BCUT2D eigenvalue weighted by Gasteiger charge is -2.12. The van der Waals surface area contributed by atoms with E-state index in [1.165, 1.54) is 12.3 Å². The highest BCUT2D eigenvalue weighted by Crippen LogP contribution is 2.21. The fourth-order valence-electron chi connectivity index (χ4n) is 2.95. The number of nitrogens with one attached hydrogen (secondary N) is 3. The number of benzene rings is 2. The summed E-state index contributed by atoms with van der Waals surface area (Å²) in [6.45, 7) is 0.354. The van der Waals surface area contributed by atoms with Crippen LogP contribution in [0.4, 0.5) is 11.4 Å². The van der Waals surface area contributed by atoms with Crippen LogP contribution < -0.4 is 10.6 Å². The first-order valence-corrected chi connectivity index (χ1v) is 8.86. The molecule has 0 aliphatic heterocycles. The van der Waals surface area contributed by atoms with Crippen molar-refractivity contribution < 1.29 is 14.7 Å². The maximum atomic E-state index is 12.8. The summed E-state index contributed by atoms with van der Waals surface area (Å²) in [7, 11) is 0. The Hall–Kier alpha value is -4.20. The van der Waals surface area contributed by atoms with Gasteiger partial charge in [-0.3, -0.25) is 9.89 Å². The second-order valence-electron chi connectivity index (χ2n) is 6.38. The summed E-state index contributed by atoms with van der Waals surface area (Å²) < 4.78 is 0. The largest absolute Gasteiger partial charge is 0.477 e. The van der Waals surface area contributed by atoms with Gasteiger partial charge in [0.25, 0.3) is 5.91 Å². The average molecular weight is 387 g/mol. The second-order valence-corrected chi connectivity index (χ2v) is 6.38. The van der Waals surface area contributed by atoms with E-state index in [0.29, 0.717) is 23.5 Å². The van der Waals surface area contributed by atoms with Gasteiger partial charge in [-0.1, -0.05) is 12.1 Å². The van der Waals surface area contributed by atoms with Crippen LogP contribution >= 0.6 is 0 Å². The normalized spacial score (nSPS) is 10.6. The quantitative estimate of drug-likeness (QED) is 0.402. The number of pyridine rings is 1. The molecule has 0 fully saturated rings. The number of carbonyl (C=O) groups excluding carboxylic acids is 1. The lowest BCUT2D eigenvalue weighted by Crippen LogP contribution is -2.15. The average Bonchev–Trinajstić information content (AvgIpc) is 3.20.